The Labute approximate surface area is 156 Å². The molecule has 3 aliphatic rings. The van der Waals surface area contributed by atoms with Crippen molar-refractivity contribution in [3.8, 4) is 0 Å². The number of hydrogen-bond acceptors (Lipinski definition) is 5. The van der Waals surface area contributed by atoms with E-state index in [1.807, 2.05) is 22.1 Å². The summed E-state index contributed by atoms with van der Waals surface area (Å²) in [4.78, 5) is 38.0. The molecule has 6 nitrogen and oxygen atoms in total. The maximum atomic E-state index is 12.8. The lowest BCUT2D eigenvalue weighted by molar-refractivity contribution is -0.134. The number of aryl methyl sites for hydroxylation is 1. The molecule has 3 aliphatic heterocycles. The minimum Gasteiger partial charge on any atom is -0.337 e. The van der Waals surface area contributed by atoms with Crippen LogP contribution in [0.3, 0.4) is 0 Å². The van der Waals surface area contributed by atoms with Crippen LogP contribution >= 0.6 is 11.3 Å². The van der Waals surface area contributed by atoms with Crippen LogP contribution in [0.15, 0.2) is 29.9 Å². The number of pyridine rings is 1. The molecule has 0 spiro atoms. The number of piperidine rings is 1. The molecule has 2 aromatic rings. The molecule has 136 valence electrons. The van der Waals surface area contributed by atoms with E-state index in [0.717, 1.165) is 30.1 Å². The molecule has 7 heteroatoms. The van der Waals surface area contributed by atoms with E-state index in [4.69, 9.17) is 0 Å². The SMILES string of the molecule is Cc1nc(CC(=O)N2C[C@H]3CC[C@@H]2CN(C(=O)c2cccnc2)C3)cs1. The van der Waals surface area contributed by atoms with Crippen LogP contribution in [0.5, 0.6) is 0 Å². The Morgan fingerprint density at radius 3 is 2.88 bits per heavy atom. The first-order valence-corrected chi connectivity index (χ1v) is 9.88. The van der Waals surface area contributed by atoms with Crippen molar-refractivity contribution in [3.63, 3.8) is 0 Å². The Morgan fingerprint density at radius 1 is 1.27 bits per heavy atom. The lowest BCUT2D eigenvalue weighted by Crippen LogP contribution is -2.48. The molecule has 0 aliphatic carbocycles. The number of aromatic nitrogens is 2. The highest BCUT2D eigenvalue weighted by molar-refractivity contribution is 7.09. The monoisotopic (exact) mass is 370 g/mol. The van der Waals surface area contributed by atoms with E-state index in [2.05, 4.69) is 9.97 Å². The van der Waals surface area contributed by atoms with Gasteiger partial charge in [-0.25, -0.2) is 4.98 Å². The van der Waals surface area contributed by atoms with Gasteiger partial charge in [0.05, 0.1) is 22.7 Å². The fourth-order valence-electron chi connectivity index (χ4n) is 3.97. The predicted molar refractivity (Wildman–Crippen MR) is 98.9 cm³/mol. The van der Waals surface area contributed by atoms with Gasteiger partial charge in [-0.05, 0) is 37.8 Å². The van der Waals surface area contributed by atoms with Crippen LogP contribution in [0.1, 0.15) is 33.9 Å². The lowest BCUT2D eigenvalue weighted by Gasteiger charge is -2.36. The number of thiazole rings is 1. The zero-order valence-corrected chi connectivity index (χ0v) is 15.6. The Bertz CT molecular complexity index is 807. The molecular formula is C19H22N4O2S. The van der Waals surface area contributed by atoms with E-state index in [9.17, 15) is 9.59 Å². The molecule has 5 heterocycles. The topological polar surface area (TPSA) is 66.4 Å². The Hall–Kier alpha value is -2.28. The lowest BCUT2D eigenvalue weighted by atomic mass is 9.94. The average molecular weight is 370 g/mol. The molecule has 2 atom stereocenters. The number of nitrogens with zero attached hydrogens (tertiary/aromatic N) is 4. The molecule has 0 N–H and O–H groups in total. The van der Waals surface area contributed by atoms with E-state index < -0.39 is 0 Å². The van der Waals surface area contributed by atoms with Crippen molar-refractivity contribution >= 4 is 23.2 Å². The number of amides is 2. The van der Waals surface area contributed by atoms with E-state index in [1.54, 1.807) is 35.9 Å². The molecule has 0 saturated carbocycles. The number of rotatable bonds is 3. The van der Waals surface area contributed by atoms with Crippen LogP contribution in [0.2, 0.25) is 0 Å². The molecule has 2 aromatic heterocycles. The summed E-state index contributed by atoms with van der Waals surface area (Å²) >= 11 is 1.57. The Morgan fingerprint density at radius 2 is 2.15 bits per heavy atom. The van der Waals surface area contributed by atoms with Crippen molar-refractivity contribution in [3.05, 3.63) is 46.2 Å². The molecule has 26 heavy (non-hydrogen) atoms. The summed E-state index contributed by atoms with van der Waals surface area (Å²) in [6, 6.07) is 3.68. The maximum absolute atomic E-state index is 12.8. The normalized spacial score (nSPS) is 22.3. The van der Waals surface area contributed by atoms with E-state index in [-0.39, 0.29) is 17.9 Å². The molecule has 0 aromatic carbocycles. The van der Waals surface area contributed by atoms with Gasteiger partial charge in [-0.1, -0.05) is 0 Å². The molecule has 2 bridgehead atoms. The smallest absolute Gasteiger partial charge is 0.255 e. The minimum atomic E-state index is 0.0134. The van der Waals surface area contributed by atoms with Crippen molar-refractivity contribution < 1.29 is 9.59 Å². The Balaban J connectivity index is 1.48. The standard InChI is InChI=1S/C19H22N4O2S/c1-13-21-16(12-26-13)7-18(24)23-10-14-4-5-17(23)11-22(9-14)19(25)15-3-2-6-20-8-15/h2-3,6,8,12,14,17H,4-5,7,9-11H2,1H3/t14-,17+/m0/s1. The third kappa shape index (κ3) is 3.49. The quantitative estimate of drug-likeness (QED) is 0.830. The van der Waals surface area contributed by atoms with Crippen LogP contribution in [-0.4, -0.2) is 57.3 Å². The first kappa shape index (κ1) is 17.1. The first-order valence-electron chi connectivity index (χ1n) is 9.00. The zero-order valence-electron chi connectivity index (χ0n) is 14.8. The average Bonchev–Trinajstić information content (AvgIpc) is 2.86. The fraction of sp³-hybridized carbons (Fsp3) is 0.474. The molecule has 0 radical (unpaired) electrons. The highest BCUT2D eigenvalue weighted by Gasteiger charge is 2.38. The summed E-state index contributed by atoms with van der Waals surface area (Å²) in [5.74, 6) is 0.482. The molecular weight excluding hydrogens is 348 g/mol. The molecule has 3 fully saturated rings. The summed E-state index contributed by atoms with van der Waals surface area (Å²) in [6.07, 6.45) is 5.67. The summed E-state index contributed by atoms with van der Waals surface area (Å²) in [5.41, 5.74) is 1.46. The fourth-order valence-corrected chi connectivity index (χ4v) is 4.58. The van der Waals surface area contributed by atoms with Gasteiger partial charge in [-0.2, -0.15) is 0 Å². The summed E-state index contributed by atoms with van der Waals surface area (Å²) < 4.78 is 0. The van der Waals surface area contributed by atoms with Gasteiger partial charge in [0.1, 0.15) is 0 Å². The highest BCUT2D eigenvalue weighted by Crippen LogP contribution is 2.29. The van der Waals surface area contributed by atoms with Crippen molar-refractivity contribution in [1.29, 1.82) is 0 Å². The van der Waals surface area contributed by atoms with Crippen LogP contribution < -0.4 is 0 Å². The van der Waals surface area contributed by atoms with Crippen molar-refractivity contribution in [2.45, 2.75) is 32.2 Å². The summed E-state index contributed by atoms with van der Waals surface area (Å²) in [7, 11) is 0. The predicted octanol–water partition coefficient (Wildman–Crippen LogP) is 2.15. The number of carbonyl (C=O) groups is 2. The summed E-state index contributed by atoms with van der Waals surface area (Å²) in [6.45, 7) is 4.01. The molecule has 0 unspecified atom stereocenters. The zero-order chi connectivity index (χ0) is 18.1. The van der Waals surface area contributed by atoms with Gasteiger partial charge in [0, 0.05) is 43.4 Å². The third-order valence-electron chi connectivity index (χ3n) is 5.23. The number of fused-ring (bicyclic) bond motifs is 4. The van der Waals surface area contributed by atoms with Crippen LogP contribution in [0.4, 0.5) is 0 Å². The molecule has 5 rings (SSSR count). The van der Waals surface area contributed by atoms with Gasteiger partial charge in [-0.15, -0.1) is 11.3 Å². The summed E-state index contributed by atoms with van der Waals surface area (Å²) in [5, 5.41) is 2.94. The van der Waals surface area contributed by atoms with Crippen LogP contribution in [0.25, 0.3) is 0 Å². The first-order chi connectivity index (χ1) is 12.6. The van der Waals surface area contributed by atoms with E-state index in [1.165, 1.54) is 0 Å². The highest BCUT2D eigenvalue weighted by atomic mass is 32.1. The largest absolute Gasteiger partial charge is 0.337 e. The minimum absolute atomic E-state index is 0.0134. The van der Waals surface area contributed by atoms with Gasteiger partial charge >= 0.3 is 0 Å². The second-order valence-corrected chi connectivity index (χ2v) is 8.19. The van der Waals surface area contributed by atoms with Gasteiger partial charge in [-0.3, -0.25) is 14.6 Å². The van der Waals surface area contributed by atoms with Crippen molar-refractivity contribution in [2.75, 3.05) is 19.6 Å². The second-order valence-electron chi connectivity index (χ2n) is 7.13. The third-order valence-corrected chi connectivity index (χ3v) is 6.05. The molecule has 2 amide bonds. The maximum Gasteiger partial charge on any atom is 0.255 e. The number of hydrogen-bond donors (Lipinski definition) is 0. The van der Waals surface area contributed by atoms with Gasteiger partial charge in [0.25, 0.3) is 5.91 Å². The van der Waals surface area contributed by atoms with Gasteiger partial charge in [0.15, 0.2) is 0 Å². The van der Waals surface area contributed by atoms with E-state index in [0.29, 0.717) is 31.0 Å². The molecule has 3 saturated heterocycles. The van der Waals surface area contributed by atoms with Crippen LogP contribution in [-0.2, 0) is 11.2 Å². The second kappa shape index (κ2) is 7.15. The number of carbonyl (C=O) groups excluding carboxylic acids is 2. The van der Waals surface area contributed by atoms with E-state index >= 15 is 0 Å². The van der Waals surface area contributed by atoms with Gasteiger partial charge < -0.3 is 9.80 Å². The Kier molecular flexibility index (Phi) is 4.72. The van der Waals surface area contributed by atoms with Gasteiger partial charge in [0.2, 0.25) is 5.91 Å². The van der Waals surface area contributed by atoms with Crippen molar-refractivity contribution in [2.24, 2.45) is 5.92 Å². The van der Waals surface area contributed by atoms with Crippen molar-refractivity contribution in [1.82, 2.24) is 19.8 Å². The van der Waals surface area contributed by atoms with Crippen LogP contribution in [0, 0.1) is 12.8 Å².